The van der Waals surface area contributed by atoms with Gasteiger partial charge >= 0.3 is 0 Å². The first-order chi connectivity index (χ1) is 13.1. The molecule has 7 heteroatoms. The zero-order valence-electron chi connectivity index (χ0n) is 15.1. The lowest BCUT2D eigenvalue weighted by molar-refractivity contribution is 0.126. The second-order valence-corrected chi connectivity index (χ2v) is 7.60. The zero-order chi connectivity index (χ0) is 18.9. The quantitative estimate of drug-likeness (QED) is 0.745. The van der Waals surface area contributed by atoms with Crippen LogP contribution < -0.4 is 10.1 Å². The smallest absolute Gasteiger partial charge is 0.259 e. The first-order valence-electron chi connectivity index (χ1n) is 8.96. The highest BCUT2D eigenvalue weighted by Gasteiger charge is 2.28. The summed E-state index contributed by atoms with van der Waals surface area (Å²) < 4.78 is 7.91. The number of piperidine rings is 1. The van der Waals surface area contributed by atoms with Gasteiger partial charge in [-0.15, -0.1) is 0 Å². The summed E-state index contributed by atoms with van der Waals surface area (Å²) in [5.41, 5.74) is 2.69. The van der Waals surface area contributed by atoms with Gasteiger partial charge in [-0.25, -0.2) is 9.97 Å². The van der Waals surface area contributed by atoms with Crippen LogP contribution in [0.3, 0.4) is 0 Å². The monoisotopic (exact) mass is 381 g/mol. The molecule has 2 aromatic heterocycles. The lowest BCUT2D eigenvalue weighted by atomic mass is 9.84. The Morgan fingerprint density at radius 1 is 1.37 bits per heavy atom. The minimum Gasteiger partial charge on any atom is -0.474 e. The Labute approximate surface area is 162 Å². The highest BCUT2D eigenvalue weighted by molar-refractivity contribution is 6.32. The molecule has 0 aliphatic carbocycles. The van der Waals surface area contributed by atoms with E-state index in [1.807, 2.05) is 12.1 Å². The molecule has 0 saturated carbocycles. The van der Waals surface area contributed by atoms with E-state index in [2.05, 4.69) is 28.3 Å². The van der Waals surface area contributed by atoms with E-state index in [9.17, 15) is 0 Å². The van der Waals surface area contributed by atoms with Crippen molar-refractivity contribution in [3.63, 3.8) is 0 Å². The van der Waals surface area contributed by atoms with Crippen LogP contribution in [-0.2, 0) is 0 Å². The molecule has 1 atom stereocenters. The van der Waals surface area contributed by atoms with Crippen LogP contribution in [0.25, 0.3) is 16.9 Å². The van der Waals surface area contributed by atoms with E-state index in [0.29, 0.717) is 34.5 Å². The highest BCUT2D eigenvalue weighted by Crippen LogP contribution is 2.32. The van der Waals surface area contributed by atoms with Crippen molar-refractivity contribution >= 4 is 17.2 Å². The second-order valence-electron chi connectivity index (χ2n) is 7.25. The zero-order valence-corrected chi connectivity index (χ0v) is 15.8. The minimum atomic E-state index is 0.0672. The number of hydrogen-bond donors (Lipinski definition) is 1. The second kappa shape index (κ2) is 7.18. The van der Waals surface area contributed by atoms with E-state index in [-0.39, 0.29) is 5.41 Å². The Morgan fingerprint density at radius 3 is 2.89 bits per heavy atom. The minimum absolute atomic E-state index is 0.0672. The molecule has 4 rings (SSSR count). The maximum absolute atomic E-state index is 9.00. The van der Waals surface area contributed by atoms with Gasteiger partial charge in [0.15, 0.2) is 0 Å². The Morgan fingerprint density at radius 2 is 2.19 bits per heavy atom. The number of ether oxygens (including phenoxy) is 1. The molecule has 1 aliphatic heterocycles. The molecular weight excluding hydrogens is 362 g/mol. The number of aromatic nitrogens is 3. The van der Waals surface area contributed by atoms with Crippen molar-refractivity contribution in [1.29, 1.82) is 5.26 Å². The lowest BCUT2D eigenvalue weighted by Crippen LogP contribution is -2.41. The molecule has 1 saturated heterocycles. The third-order valence-electron chi connectivity index (χ3n) is 4.98. The number of hydrogen-bond acceptors (Lipinski definition) is 5. The van der Waals surface area contributed by atoms with Crippen molar-refractivity contribution in [3.05, 3.63) is 47.4 Å². The molecule has 3 heterocycles. The van der Waals surface area contributed by atoms with Gasteiger partial charge in [0.1, 0.15) is 10.8 Å². The van der Waals surface area contributed by atoms with Crippen LogP contribution in [-0.4, -0.2) is 34.1 Å². The number of nitrogens with zero attached hydrogens (tertiary/aromatic N) is 4. The lowest BCUT2D eigenvalue weighted by Gasteiger charge is -2.33. The van der Waals surface area contributed by atoms with Crippen LogP contribution in [0, 0.1) is 16.7 Å². The van der Waals surface area contributed by atoms with Gasteiger partial charge in [0.25, 0.3) is 5.88 Å². The van der Waals surface area contributed by atoms with Crippen LogP contribution >= 0.6 is 11.6 Å². The van der Waals surface area contributed by atoms with Gasteiger partial charge in [-0.1, -0.05) is 30.7 Å². The first kappa shape index (κ1) is 17.8. The van der Waals surface area contributed by atoms with Gasteiger partial charge in [-0.2, -0.15) is 5.26 Å². The molecule has 1 N–H and O–H groups in total. The Hall–Kier alpha value is -2.62. The summed E-state index contributed by atoms with van der Waals surface area (Å²) in [6, 6.07) is 9.30. The summed E-state index contributed by atoms with van der Waals surface area (Å²) in [6.07, 6.45) is 5.73. The van der Waals surface area contributed by atoms with E-state index in [1.165, 1.54) is 0 Å². The summed E-state index contributed by atoms with van der Waals surface area (Å²) in [5.74, 6) is 0.468. The molecule has 0 spiro atoms. The number of rotatable bonds is 4. The fraction of sp³-hybridized carbons (Fsp3) is 0.350. The number of fused-ring (bicyclic) bond motifs is 1. The van der Waals surface area contributed by atoms with Gasteiger partial charge in [0.05, 0.1) is 18.2 Å². The summed E-state index contributed by atoms with van der Waals surface area (Å²) in [6.45, 7) is 4.76. The van der Waals surface area contributed by atoms with Crippen molar-refractivity contribution in [2.45, 2.75) is 19.8 Å². The molecule has 27 heavy (non-hydrogen) atoms. The van der Waals surface area contributed by atoms with Crippen molar-refractivity contribution in [1.82, 2.24) is 19.7 Å². The van der Waals surface area contributed by atoms with E-state index >= 15 is 0 Å². The molecular formula is C20H20ClN5O. The Kier molecular flexibility index (Phi) is 4.73. The fourth-order valence-corrected chi connectivity index (χ4v) is 3.69. The molecule has 3 aromatic rings. The third-order valence-corrected chi connectivity index (χ3v) is 5.34. The summed E-state index contributed by atoms with van der Waals surface area (Å²) >= 11 is 6.57. The molecule has 0 amide bonds. The summed E-state index contributed by atoms with van der Waals surface area (Å²) in [7, 11) is 0. The van der Waals surface area contributed by atoms with Gasteiger partial charge < -0.3 is 10.1 Å². The summed E-state index contributed by atoms with van der Waals surface area (Å²) in [5, 5.41) is 12.9. The van der Waals surface area contributed by atoms with Crippen LogP contribution in [0.2, 0.25) is 5.15 Å². The van der Waals surface area contributed by atoms with Gasteiger partial charge in [-0.05, 0) is 31.5 Å². The standard InChI is InChI=1S/C20H20ClN5O/c1-20(7-2-8-23-12-20)13-27-19-18-24-9-10-26(18)17(21)16(25-19)15-5-3-14(11-22)4-6-15/h3-6,9-10,23H,2,7-8,12-13H2,1H3/t20-/m1/s1. The van der Waals surface area contributed by atoms with Crippen molar-refractivity contribution < 1.29 is 4.74 Å². The van der Waals surface area contributed by atoms with Crippen LogP contribution in [0.4, 0.5) is 0 Å². The molecule has 6 nitrogen and oxygen atoms in total. The van der Waals surface area contributed by atoms with Crippen LogP contribution in [0.5, 0.6) is 5.88 Å². The number of nitriles is 1. The van der Waals surface area contributed by atoms with Crippen molar-refractivity contribution in [2.24, 2.45) is 5.41 Å². The number of benzene rings is 1. The topological polar surface area (TPSA) is 75.2 Å². The average Bonchev–Trinajstić information content (AvgIpc) is 3.19. The van der Waals surface area contributed by atoms with Gasteiger partial charge in [-0.3, -0.25) is 4.40 Å². The third kappa shape index (κ3) is 3.48. The van der Waals surface area contributed by atoms with E-state index in [0.717, 1.165) is 31.5 Å². The Bertz CT molecular complexity index is 1000. The predicted molar refractivity (Wildman–Crippen MR) is 104 cm³/mol. The number of halogens is 1. The summed E-state index contributed by atoms with van der Waals surface area (Å²) in [4.78, 5) is 9.03. The fourth-order valence-electron chi connectivity index (χ4n) is 3.40. The van der Waals surface area contributed by atoms with Gasteiger partial charge in [0, 0.05) is 29.9 Å². The van der Waals surface area contributed by atoms with Crippen molar-refractivity contribution in [3.8, 4) is 23.2 Å². The van der Waals surface area contributed by atoms with Gasteiger partial charge in [0.2, 0.25) is 5.65 Å². The van der Waals surface area contributed by atoms with Crippen LogP contribution in [0.1, 0.15) is 25.3 Å². The van der Waals surface area contributed by atoms with E-state index < -0.39 is 0 Å². The maximum Gasteiger partial charge on any atom is 0.259 e. The molecule has 0 unspecified atom stereocenters. The Balaban J connectivity index is 1.70. The number of imidazole rings is 1. The van der Waals surface area contributed by atoms with Crippen LogP contribution in [0.15, 0.2) is 36.7 Å². The molecule has 0 radical (unpaired) electrons. The number of nitrogens with one attached hydrogen (secondary N) is 1. The molecule has 1 fully saturated rings. The van der Waals surface area contributed by atoms with E-state index in [1.54, 1.807) is 28.9 Å². The SMILES string of the molecule is C[C@@]1(COc2nc(-c3ccc(C#N)cc3)c(Cl)n3ccnc23)CCCNC1. The van der Waals surface area contributed by atoms with Crippen molar-refractivity contribution in [2.75, 3.05) is 19.7 Å². The highest BCUT2D eigenvalue weighted by atomic mass is 35.5. The molecule has 1 aliphatic rings. The molecule has 1 aromatic carbocycles. The largest absolute Gasteiger partial charge is 0.474 e. The molecule has 0 bridgehead atoms. The average molecular weight is 382 g/mol. The predicted octanol–water partition coefficient (Wildman–Crippen LogP) is 3.69. The normalized spacial score (nSPS) is 19.7. The first-order valence-corrected chi connectivity index (χ1v) is 9.34. The van der Waals surface area contributed by atoms with E-state index in [4.69, 9.17) is 21.6 Å². The maximum atomic E-state index is 9.00. The molecule has 138 valence electrons.